The van der Waals surface area contributed by atoms with Gasteiger partial charge in [-0.1, -0.05) is 19.3 Å². The van der Waals surface area contributed by atoms with Crippen LogP contribution < -0.4 is 20.9 Å². The number of amides is 2. The Balaban J connectivity index is 1.15. The van der Waals surface area contributed by atoms with Crippen LogP contribution in [0.4, 0.5) is 11.4 Å². The van der Waals surface area contributed by atoms with Gasteiger partial charge in [0.15, 0.2) is 0 Å². The summed E-state index contributed by atoms with van der Waals surface area (Å²) >= 11 is 0. The monoisotopic (exact) mass is 526 g/mol. The first-order valence-corrected chi connectivity index (χ1v) is 13.7. The number of fused-ring (bicyclic) bond motifs is 1. The van der Waals surface area contributed by atoms with Crippen molar-refractivity contribution in [3.8, 4) is 0 Å². The predicted octanol–water partition coefficient (Wildman–Crippen LogP) is 3.32. The van der Waals surface area contributed by atoms with Crippen molar-refractivity contribution in [2.45, 2.75) is 38.1 Å². The van der Waals surface area contributed by atoms with Gasteiger partial charge in [-0.2, -0.15) is 0 Å². The first-order valence-electron chi connectivity index (χ1n) is 13.7. The number of aliphatic imine (C=N–C) groups is 1. The highest BCUT2D eigenvalue weighted by atomic mass is 16.2. The molecular weight excluding hydrogens is 492 g/mol. The molecule has 0 radical (unpaired) electrons. The predicted molar refractivity (Wildman–Crippen MR) is 154 cm³/mol. The topological polar surface area (TPSA) is 118 Å². The van der Waals surface area contributed by atoms with Crippen molar-refractivity contribution in [3.63, 3.8) is 0 Å². The lowest BCUT2D eigenvalue weighted by atomic mass is 9.96. The summed E-state index contributed by atoms with van der Waals surface area (Å²) in [5, 5.41) is 9.96. The summed E-state index contributed by atoms with van der Waals surface area (Å²) in [7, 11) is 2.13. The normalized spacial score (nSPS) is 19.8. The molecule has 202 valence electrons. The number of nitrogens with zero attached hydrogens (tertiary/aromatic N) is 4. The van der Waals surface area contributed by atoms with Gasteiger partial charge in [0.25, 0.3) is 11.8 Å². The highest BCUT2D eigenvalue weighted by Gasteiger charge is 2.23. The Hall–Kier alpha value is -4.18. The third-order valence-corrected chi connectivity index (χ3v) is 7.75. The van der Waals surface area contributed by atoms with Gasteiger partial charge >= 0.3 is 0 Å². The van der Waals surface area contributed by atoms with Crippen LogP contribution in [-0.4, -0.2) is 71.9 Å². The molecule has 3 aromatic rings. The zero-order valence-corrected chi connectivity index (χ0v) is 22.2. The number of hydrogen-bond donors (Lipinski definition) is 4. The van der Waals surface area contributed by atoms with Crippen molar-refractivity contribution >= 4 is 46.3 Å². The summed E-state index contributed by atoms with van der Waals surface area (Å²) in [6.45, 7) is 4.03. The van der Waals surface area contributed by atoms with Gasteiger partial charge in [0.05, 0.1) is 11.9 Å². The fraction of sp³-hybridized carbons (Fsp3) is 0.379. The number of rotatable bonds is 5. The standard InChI is InChI=1S/C29H34N8O2/c1-36-11-13-37(14-12-36)23-9-7-19(8-10-23)27(38)32-22-16-24-20(17-30-26(24)31-18-22)15-25-28(39)35-29(34-25)33-21-5-3-2-4-6-21/h7-10,15-18,21H,2-6,11-14H2,1H3,(H,30,31)(H,32,38)(H2,33,34,35,39)/b25-15+. The molecule has 1 saturated heterocycles. The fourth-order valence-electron chi connectivity index (χ4n) is 5.43. The number of piperazine rings is 1. The van der Waals surface area contributed by atoms with E-state index in [1.807, 2.05) is 30.3 Å². The number of carbonyl (C=O) groups is 2. The lowest BCUT2D eigenvalue weighted by Gasteiger charge is -2.34. The van der Waals surface area contributed by atoms with Gasteiger partial charge in [-0.15, -0.1) is 0 Å². The zero-order chi connectivity index (χ0) is 26.8. The van der Waals surface area contributed by atoms with Crippen LogP contribution >= 0.6 is 0 Å². The van der Waals surface area contributed by atoms with Crippen molar-refractivity contribution in [2.75, 3.05) is 43.4 Å². The van der Waals surface area contributed by atoms with Gasteiger partial charge in [0, 0.05) is 60.6 Å². The molecule has 1 aliphatic carbocycles. The minimum atomic E-state index is -0.236. The third-order valence-electron chi connectivity index (χ3n) is 7.75. The molecule has 10 heteroatoms. The van der Waals surface area contributed by atoms with Crippen LogP contribution in [0.3, 0.4) is 0 Å². The molecule has 2 aromatic heterocycles. The van der Waals surface area contributed by atoms with Crippen LogP contribution in [0.15, 0.2) is 53.4 Å². The number of likely N-dealkylation sites (N-methyl/N-ethyl adjacent to an activating group) is 1. The summed E-state index contributed by atoms with van der Waals surface area (Å²) in [6.07, 6.45) is 11.0. The quantitative estimate of drug-likeness (QED) is 0.379. The van der Waals surface area contributed by atoms with E-state index in [4.69, 9.17) is 0 Å². The highest BCUT2D eigenvalue weighted by molar-refractivity contribution is 6.14. The number of pyridine rings is 1. The smallest absolute Gasteiger partial charge is 0.276 e. The van der Waals surface area contributed by atoms with E-state index in [1.165, 1.54) is 19.3 Å². The summed E-state index contributed by atoms with van der Waals surface area (Å²) in [5.41, 5.74) is 4.07. The lowest BCUT2D eigenvalue weighted by Crippen LogP contribution is -2.44. The Morgan fingerprint density at radius 2 is 1.85 bits per heavy atom. The molecule has 2 amide bonds. The second kappa shape index (κ2) is 10.9. The molecule has 2 fully saturated rings. The van der Waals surface area contributed by atoms with E-state index < -0.39 is 0 Å². The molecule has 4 N–H and O–H groups in total. The van der Waals surface area contributed by atoms with E-state index in [-0.39, 0.29) is 11.8 Å². The number of benzene rings is 1. The van der Waals surface area contributed by atoms with Gasteiger partial charge in [0.2, 0.25) is 5.96 Å². The van der Waals surface area contributed by atoms with Crippen molar-refractivity contribution < 1.29 is 9.59 Å². The maximum atomic E-state index is 13.0. The van der Waals surface area contributed by atoms with Crippen molar-refractivity contribution in [2.24, 2.45) is 4.99 Å². The van der Waals surface area contributed by atoms with E-state index in [2.05, 4.69) is 47.8 Å². The number of aromatic nitrogens is 2. The SMILES string of the molecule is CN1CCN(c2ccc(C(=O)Nc3cnc4[nH]cc(/C=C5/N=C(NC6CCCCC6)NC5=O)c4c3)cc2)CC1. The molecular formula is C29H34N8O2. The molecule has 1 aromatic carbocycles. The van der Waals surface area contributed by atoms with E-state index in [0.717, 1.165) is 55.7 Å². The largest absolute Gasteiger partial charge is 0.369 e. The van der Waals surface area contributed by atoms with E-state index in [0.29, 0.717) is 34.6 Å². The zero-order valence-electron chi connectivity index (χ0n) is 22.2. The minimum absolute atomic E-state index is 0.199. The van der Waals surface area contributed by atoms with Crippen molar-refractivity contribution in [3.05, 3.63) is 59.5 Å². The molecule has 0 atom stereocenters. The molecule has 0 spiro atoms. The van der Waals surface area contributed by atoms with Crippen LogP contribution in [0.2, 0.25) is 0 Å². The lowest BCUT2D eigenvalue weighted by molar-refractivity contribution is -0.115. The molecule has 39 heavy (non-hydrogen) atoms. The maximum absolute atomic E-state index is 13.0. The van der Waals surface area contributed by atoms with Gasteiger partial charge in [-0.05, 0) is 56.3 Å². The number of carbonyl (C=O) groups excluding carboxylic acids is 2. The van der Waals surface area contributed by atoms with Gasteiger partial charge in [-0.3, -0.25) is 14.9 Å². The minimum Gasteiger partial charge on any atom is -0.369 e. The average molecular weight is 527 g/mol. The van der Waals surface area contributed by atoms with Gasteiger partial charge in [-0.25, -0.2) is 9.98 Å². The fourth-order valence-corrected chi connectivity index (χ4v) is 5.43. The number of aromatic amines is 1. The van der Waals surface area contributed by atoms with E-state index >= 15 is 0 Å². The first-order chi connectivity index (χ1) is 19.0. The van der Waals surface area contributed by atoms with Crippen LogP contribution in [0.25, 0.3) is 17.1 Å². The Morgan fingerprint density at radius 1 is 1.08 bits per heavy atom. The second-order valence-corrected chi connectivity index (χ2v) is 10.6. The summed E-state index contributed by atoms with van der Waals surface area (Å²) < 4.78 is 0. The number of H-pyrrole nitrogens is 1. The number of guanidine groups is 1. The van der Waals surface area contributed by atoms with Crippen LogP contribution in [0, 0.1) is 0 Å². The van der Waals surface area contributed by atoms with Crippen molar-refractivity contribution in [1.82, 2.24) is 25.5 Å². The average Bonchev–Trinajstić information content (AvgIpc) is 3.51. The van der Waals surface area contributed by atoms with Gasteiger partial charge < -0.3 is 25.4 Å². The third kappa shape index (κ3) is 5.65. The molecule has 1 saturated carbocycles. The second-order valence-electron chi connectivity index (χ2n) is 10.6. The van der Waals surface area contributed by atoms with E-state index in [9.17, 15) is 9.59 Å². The highest BCUT2D eigenvalue weighted by Crippen LogP contribution is 2.25. The molecule has 0 bridgehead atoms. The Morgan fingerprint density at radius 3 is 2.62 bits per heavy atom. The molecule has 0 unspecified atom stereocenters. The summed E-state index contributed by atoms with van der Waals surface area (Å²) in [4.78, 5) is 42.3. The number of hydrogen-bond acceptors (Lipinski definition) is 7. The molecule has 4 heterocycles. The van der Waals surface area contributed by atoms with Crippen LogP contribution in [0.5, 0.6) is 0 Å². The van der Waals surface area contributed by atoms with Crippen LogP contribution in [-0.2, 0) is 4.79 Å². The van der Waals surface area contributed by atoms with Gasteiger partial charge in [0.1, 0.15) is 11.3 Å². The number of nitrogens with one attached hydrogen (secondary N) is 4. The Bertz CT molecular complexity index is 1430. The first kappa shape index (κ1) is 25.1. The molecule has 2 aliphatic heterocycles. The van der Waals surface area contributed by atoms with Crippen molar-refractivity contribution in [1.29, 1.82) is 0 Å². The summed E-state index contributed by atoms with van der Waals surface area (Å²) in [5.74, 6) is 0.0810. The van der Waals surface area contributed by atoms with E-state index in [1.54, 1.807) is 18.5 Å². The molecule has 6 rings (SSSR count). The molecule has 10 nitrogen and oxygen atoms in total. The van der Waals surface area contributed by atoms with Crippen LogP contribution in [0.1, 0.15) is 48.0 Å². The molecule has 3 aliphatic rings. The number of anilines is 2. The maximum Gasteiger partial charge on any atom is 0.276 e. The Labute approximate surface area is 227 Å². The summed E-state index contributed by atoms with van der Waals surface area (Å²) in [6, 6.07) is 9.93. The Kier molecular flexibility index (Phi) is 7.02.